The zero-order valence-electron chi connectivity index (χ0n) is 9.80. The van der Waals surface area contributed by atoms with Crippen molar-refractivity contribution in [3.8, 4) is 0 Å². The highest BCUT2D eigenvalue weighted by Crippen LogP contribution is 2.02. The van der Waals surface area contributed by atoms with E-state index in [-0.39, 0.29) is 5.91 Å². The fourth-order valence-corrected chi connectivity index (χ4v) is 1.81. The fourth-order valence-electron chi connectivity index (χ4n) is 1.81. The predicted octanol–water partition coefficient (Wildman–Crippen LogP) is 0.917. The Balaban J connectivity index is 1.94. The Kier molecular flexibility index (Phi) is 4.27. The summed E-state index contributed by atoms with van der Waals surface area (Å²) in [4.78, 5) is 17.8. The van der Waals surface area contributed by atoms with Gasteiger partial charge in [-0.3, -0.25) is 9.78 Å². The van der Waals surface area contributed by atoms with Gasteiger partial charge in [-0.1, -0.05) is 6.07 Å². The lowest BCUT2D eigenvalue weighted by Gasteiger charge is -2.17. The van der Waals surface area contributed by atoms with Crippen LogP contribution >= 0.6 is 0 Å². The van der Waals surface area contributed by atoms with Crippen LogP contribution in [0.15, 0.2) is 30.6 Å². The zero-order chi connectivity index (χ0) is 11.9. The molecule has 0 unspecified atom stereocenters. The minimum absolute atomic E-state index is 0.0811. The molecule has 2 heterocycles. The molecule has 0 aliphatic carbocycles. The first-order chi connectivity index (χ1) is 8.36. The van der Waals surface area contributed by atoms with Crippen molar-refractivity contribution >= 4 is 12.0 Å². The summed E-state index contributed by atoms with van der Waals surface area (Å²) < 4.78 is 0. The minimum atomic E-state index is 0.0811. The average molecular weight is 231 g/mol. The topological polar surface area (TPSA) is 45.2 Å². The molecule has 1 N–H and O–H groups in total. The number of hydrogen-bond acceptors (Lipinski definition) is 3. The maximum atomic E-state index is 11.9. The first-order valence-corrected chi connectivity index (χ1v) is 5.94. The van der Waals surface area contributed by atoms with Crippen LogP contribution in [-0.4, -0.2) is 42.0 Å². The van der Waals surface area contributed by atoms with Crippen LogP contribution in [0.5, 0.6) is 0 Å². The van der Waals surface area contributed by atoms with E-state index in [0.29, 0.717) is 0 Å². The van der Waals surface area contributed by atoms with E-state index in [1.165, 1.54) is 0 Å². The molecule has 1 aromatic heterocycles. The van der Waals surface area contributed by atoms with Gasteiger partial charge in [0.25, 0.3) is 0 Å². The lowest BCUT2D eigenvalue weighted by atomic mass is 10.2. The molecule has 0 aromatic carbocycles. The van der Waals surface area contributed by atoms with Gasteiger partial charge in [-0.15, -0.1) is 0 Å². The summed E-state index contributed by atoms with van der Waals surface area (Å²) in [5.74, 6) is 0.0811. The van der Waals surface area contributed by atoms with Gasteiger partial charge in [0.15, 0.2) is 0 Å². The third-order valence-corrected chi connectivity index (χ3v) is 2.75. The van der Waals surface area contributed by atoms with Crippen molar-refractivity contribution in [2.75, 3.05) is 26.2 Å². The third kappa shape index (κ3) is 3.67. The van der Waals surface area contributed by atoms with Crippen molar-refractivity contribution in [1.29, 1.82) is 0 Å². The van der Waals surface area contributed by atoms with Crippen LogP contribution in [0.25, 0.3) is 6.08 Å². The number of pyridine rings is 1. The Morgan fingerprint density at radius 1 is 1.41 bits per heavy atom. The second-order valence-corrected chi connectivity index (χ2v) is 4.05. The summed E-state index contributed by atoms with van der Waals surface area (Å²) in [7, 11) is 0. The molecule has 0 radical (unpaired) electrons. The molecule has 17 heavy (non-hydrogen) atoms. The third-order valence-electron chi connectivity index (χ3n) is 2.75. The first kappa shape index (κ1) is 11.8. The molecule has 1 aliphatic heterocycles. The molecule has 0 saturated carbocycles. The van der Waals surface area contributed by atoms with Gasteiger partial charge in [-0.2, -0.15) is 0 Å². The smallest absolute Gasteiger partial charge is 0.246 e. The van der Waals surface area contributed by atoms with Gasteiger partial charge in [0.1, 0.15) is 0 Å². The number of carbonyl (C=O) groups is 1. The van der Waals surface area contributed by atoms with Crippen molar-refractivity contribution in [2.24, 2.45) is 0 Å². The standard InChI is InChI=1S/C13H17N3O/c17-13(16-9-2-7-14-8-10-16)5-4-12-3-1-6-15-11-12/h1,3-6,11,14H,2,7-10H2. The Morgan fingerprint density at radius 3 is 3.18 bits per heavy atom. The molecule has 90 valence electrons. The molecule has 2 rings (SSSR count). The molecule has 1 fully saturated rings. The van der Waals surface area contributed by atoms with E-state index in [0.717, 1.165) is 38.2 Å². The number of nitrogens with one attached hydrogen (secondary N) is 1. The van der Waals surface area contributed by atoms with E-state index >= 15 is 0 Å². The van der Waals surface area contributed by atoms with E-state index in [9.17, 15) is 4.79 Å². The van der Waals surface area contributed by atoms with Gasteiger partial charge in [0.2, 0.25) is 5.91 Å². The molecule has 1 aliphatic rings. The van der Waals surface area contributed by atoms with E-state index in [4.69, 9.17) is 0 Å². The summed E-state index contributed by atoms with van der Waals surface area (Å²) in [5, 5.41) is 3.28. The van der Waals surface area contributed by atoms with Gasteiger partial charge in [0, 0.05) is 38.1 Å². The van der Waals surface area contributed by atoms with E-state index in [1.54, 1.807) is 18.5 Å². The normalized spacial score (nSPS) is 17.1. The van der Waals surface area contributed by atoms with Crippen molar-refractivity contribution in [3.05, 3.63) is 36.2 Å². The molecular formula is C13H17N3O. The van der Waals surface area contributed by atoms with Gasteiger partial charge in [-0.05, 0) is 30.7 Å². The lowest BCUT2D eigenvalue weighted by Crippen LogP contribution is -2.32. The second kappa shape index (κ2) is 6.15. The Bertz CT molecular complexity index is 381. The first-order valence-electron chi connectivity index (χ1n) is 5.94. The molecular weight excluding hydrogens is 214 g/mol. The number of amides is 1. The van der Waals surface area contributed by atoms with Crippen molar-refractivity contribution in [3.63, 3.8) is 0 Å². The van der Waals surface area contributed by atoms with Crippen LogP contribution in [0, 0.1) is 0 Å². The van der Waals surface area contributed by atoms with Crippen LogP contribution in [0.2, 0.25) is 0 Å². The van der Waals surface area contributed by atoms with Crippen molar-refractivity contribution in [1.82, 2.24) is 15.2 Å². The minimum Gasteiger partial charge on any atom is -0.338 e. The highest BCUT2D eigenvalue weighted by Gasteiger charge is 2.11. The number of aromatic nitrogens is 1. The number of rotatable bonds is 2. The highest BCUT2D eigenvalue weighted by atomic mass is 16.2. The Labute approximate surface area is 101 Å². The predicted molar refractivity (Wildman–Crippen MR) is 67.3 cm³/mol. The Morgan fingerprint density at radius 2 is 2.35 bits per heavy atom. The number of nitrogens with zero attached hydrogens (tertiary/aromatic N) is 2. The maximum Gasteiger partial charge on any atom is 0.246 e. The molecule has 0 bridgehead atoms. The maximum absolute atomic E-state index is 11.9. The SMILES string of the molecule is O=C(C=Cc1cccnc1)N1CCCNCC1. The van der Waals surface area contributed by atoms with Crippen molar-refractivity contribution < 1.29 is 4.79 Å². The fraction of sp³-hybridized carbons (Fsp3) is 0.385. The molecule has 0 atom stereocenters. The van der Waals surface area contributed by atoms with Crippen LogP contribution < -0.4 is 5.32 Å². The van der Waals surface area contributed by atoms with E-state index in [1.807, 2.05) is 23.1 Å². The molecule has 1 aromatic rings. The van der Waals surface area contributed by atoms with E-state index < -0.39 is 0 Å². The number of carbonyl (C=O) groups excluding carboxylic acids is 1. The van der Waals surface area contributed by atoms with E-state index in [2.05, 4.69) is 10.3 Å². The Hall–Kier alpha value is -1.68. The van der Waals surface area contributed by atoms with Crippen LogP contribution in [-0.2, 0) is 4.79 Å². The molecule has 4 heteroatoms. The molecule has 1 saturated heterocycles. The monoisotopic (exact) mass is 231 g/mol. The van der Waals surface area contributed by atoms with Crippen molar-refractivity contribution in [2.45, 2.75) is 6.42 Å². The van der Waals surface area contributed by atoms with Crippen LogP contribution in [0.4, 0.5) is 0 Å². The van der Waals surface area contributed by atoms with Gasteiger partial charge >= 0.3 is 0 Å². The van der Waals surface area contributed by atoms with Crippen LogP contribution in [0.3, 0.4) is 0 Å². The molecule has 1 amide bonds. The average Bonchev–Trinajstić information content (AvgIpc) is 2.66. The summed E-state index contributed by atoms with van der Waals surface area (Å²) in [6.45, 7) is 3.50. The lowest BCUT2D eigenvalue weighted by molar-refractivity contribution is -0.125. The zero-order valence-corrected chi connectivity index (χ0v) is 9.80. The summed E-state index contributed by atoms with van der Waals surface area (Å²) in [6.07, 6.45) is 7.93. The molecule has 0 spiro atoms. The number of hydrogen-bond donors (Lipinski definition) is 1. The second-order valence-electron chi connectivity index (χ2n) is 4.05. The van der Waals surface area contributed by atoms with Gasteiger partial charge in [-0.25, -0.2) is 0 Å². The van der Waals surface area contributed by atoms with Gasteiger partial charge in [0.05, 0.1) is 0 Å². The highest BCUT2D eigenvalue weighted by molar-refractivity contribution is 5.91. The largest absolute Gasteiger partial charge is 0.338 e. The summed E-state index contributed by atoms with van der Waals surface area (Å²) >= 11 is 0. The summed E-state index contributed by atoms with van der Waals surface area (Å²) in [6, 6.07) is 3.79. The quantitative estimate of drug-likeness (QED) is 0.770. The summed E-state index contributed by atoms with van der Waals surface area (Å²) in [5.41, 5.74) is 0.953. The molecule has 4 nitrogen and oxygen atoms in total. The van der Waals surface area contributed by atoms with Crippen LogP contribution in [0.1, 0.15) is 12.0 Å². The van der Waals surface area contributed by atoms with Gasteiger partial charge < -0.3 is 10.2 Å².